The molecule has 1 saturated carbocycles. The molecule has 1 aliphatic rings. The third-order valence-electron chi connectivity index (χ3n) is 3.46. The van der Waals surface area contributed by atoms with Gasteiger partial charge >= 0.3 is 0 Å². The lowest BCUT2D eigenvalue weighted by Gasteiger charge is -2.08. The van der Waals surface area contributed by atoms with Crippen molar-refractivity contribution in [1.82, 2.24) is 9.55 Å². The van der Waals surface area contributed by atoms with E-state index in [2.05, 4.69) is 10.3 Å². The standard InChI is InChI=1S/C15H18N4O/c16-8-7-11-1-3-12(4-2-11)18-14-15(20)19(10-9-17-14)13-5-6-13/h1-4,9-10,13H,5-8,16H2,(H,17,18). The van der Waals surface area contributed by atoms with Crippen molar-refractivity contribution in [2.24, 2.45) is 5.73 Å². The monoisotopic (exact) mass is 270 g/mol. The van der Waals surface area contributed by atoms with Gasteiger partial charge in [-0.05, 0) is 43.5 Å². The van der Waals surface area contributed by atoms with Crippen LogP contribution in [-0.2, 0) is 6.42 Å². The van der Waals surface area contributed by atoms with Crippen molar-refractivity contribution in [2.75, 3.05) is 11.9 Å². The Hall–Kier alpha value is -2.14. The summed E-state index contributed by atoms with van der Waals surface area (Å²) in [5, 5.41) is 3.09. The topological polar surface area (TPSA) is 72.9 Å². The number of hydrogen-bond acceptors (Lipinski definition) is 4. The van der Waals surface area contributed by atoms with Gasteiger partial charge in [0.25, 0.3) is 5.56 Å². The van der Waals surface area contributed by atoms with Crippen molar-refractivity contribution in [2.45, 2.75) is 25.3 Å². The third-order valence-corrected chi connectivity index (χ3v) is 3.46. The van der Waals surface area contributed by atoms with Gasteiger partial charge in [-0.2, -0.15) is 0 Å². The summed E-state index contributed by atoms with van der Waals surface area (Å²) in [7, 11) is 0. The predicted octanol–water partition coefficient (Wildman–Crippen LogP) is 1.82. The van der Waals surface area contributed by atoms with E-state index in [0.29, 0.717) is 18.4 Å². The molecule has 1 heterocycles. The third kappa shape index (κ3) is 2.72. The van der Waals surface area contributed by atoms with Gasteiger partial charge in [0.2, 0.25) is 0 Å². The molecule has 1 aliphatic carbocycles. The van der Waals surface area contributed by atoms with Gasteiger partial charge in [-0.15, -0.1) is 0 Å². The van der Waals surface area contributed by atoms with Crippen molar-refractivity contribution in [3.63, 3.8) is 0 Å². The molecule has 0 radical (unpaired) electrons. The van der Waals surface area contributed by atoms with Crippen molar-refractivity contribution < 1.29 is 0 Å². The minimum absolute atomic E-state index is 0.0546. The summed E-state index contributed by atoms with van der Waals surface area (Å²) in [5.74, 6) is 0.381. The van der Waals surface area contributed by atoms with Gasteiger partial charge in [-0.3, -0.25) is 4.79 Å². The lowest BCUT2D eigenvalue weighted by molar-refractivity contribution is 0.701. The van der Waals surface area contributed by atoms with E-state index in [0.717, 1.165) is 24.9 Å². The molecule has 0 spiro atoms. The van der Waals surface area contributed by atoms with Crippen LogP contribution in [0.2, 0.25) is 0 Å². The summed E-state index contributed by atoms with van der Waals surface area (Å²) in [6, 6.07) is 8.27. The molecule has 20 heavy (non-hydrogen) atoms. The Morgan fingerprint density at radius 2 is 2.05 bits per heavy atom. The Labute approximate surface area is 117 Å². The Morgan fingerprint density at radius 1 is 1.30 bits per heavy atom. The first-order valence-corrected chi connectivity index (χ1v) is 6.91. The van der Waals surface area contributed by atoms with Crippen LogP contribution in [0.3, 0.4) is 0 Å². The van der Waals surface area contributed by atoms with Gasteiger partial charge in [0, 0.05) is 24.1 Å². The molecular weight excluding hydrogens is 252 g/mol. The molecule has 5 heteroatoms. The second kappa shape index (κ2) is 5.46. The Bertz CT molecular complexity index is 644. The van der Waals surface area contributed by atoms with Gasteiger partial charge in [0.15, 0.2) is 5.82 Å². The van der Waals surface area contributed by atoms with Crippen LogP contribution in [0.15, 0.2) is 41.5 Å². The highest BCUT2D eigenvalue weighted by Crippen LogP contribution is 2.33. The number of anilines is 2. The molecule has 5 nitrogen and oxygen atoms in total. The minimum Gasteiger partial charge on any atom is -0.336 e. The lowest BCUT2D eigenvalue weighted by Crippen LogP contribution is -2.22. The second-order valence-corrected chi connectivity index (χ2v) is 5.08. The van der Waals surface area contributed by atoms with E-state index >= 15 is 0 Å². The minimum atomic E-state index is -0.0546. The quantitative estimate of drug-likeness (QED) is 0.869. The van der Waals surface area contributed by atoms with Crippen LogP contribution < -0.4 is 16.6 Å². The van der Waals surface area contributed by atoms with Crippen LogP contribution in [0.25, 0.3) is 0 Å². The summed E-state index contributed by atoms with van der Waals surface area (Å²) < 4.78 is 1.76. The molecule has 104 valence electrons. The zero-order valence-corrected chi connectivity index (χ0v) is 11.2. The zero-order valence-electron chi connectivity index (χ0n) is 11.2. The van der Waals surface area contributed by atoms with E-state index < -0.39 is 0 Å². The maximum Gasteiger partial charge on any atom is 0.293 e. The predicted molar refractivity (Wildman–Crippen MR) is 79.3 cm³/mol. The Balaban J connectivity index is 1.80. The summed E-state index contributed by atoms with van der Waals surface area (Å²) in [5.41, 5.74) is 7.52. The first-order chi connectivity index (χ1) is 9.78. The SMILES string of the molecule is NCCc1ccc(Nc2nccn(C3CC3)c2=O)cc1. The largest absolute Gasteiger partial charge is 0.336 e. The molecule has 0 saturated heterocycles. The molecular formula is C15H18N4O. The van der Waals surface area contributed by atoms with Crippen LogP contribution in [0.1, 0.15) is 24.4 Å². The lowest BCUT2D eigenvalue weighted by atomic mass is 10.1. The number of nitrogens with zero attached hydrogens (tertiary/aromatic N) is 2. The number of benzene rings is 1. The van der Waals surface area contributed by atoms with E-state index in [1.165, 1.54) is 5.56 Å². The number of nitrogens with two attached hydrogens (primary N) is 1. The fourth-order valence-electron chi connectivity index (χ4n) is 2.21. The van der Waals surface area contributed by atoms with Gasteiger partial charge in [-0.25, -0.2) is 4.98 Å². The molecule has 1 aromatic carbocycles. The molecule has 1 fully saturated rings. The van der Waals surface area contributed by atoms with Crippen molar-refractivity contribution in [3.8, 4) is 0 Å². The molecule has 0 bridgehead atoms. The second-order valence-electron chi connectivity index (χ2n) is 5.08. The first kappa shape index (κ1) is 12.9. The fourth-order valence-corrected chi connectivity index (χ4v) is 2.21. The first-order valence-electron chi connectivity index (χ1n) is 6.91. The molecule has 0 unspecified atom stereocenters. The summed E-state index contributed by atoms with van der Waals surface area (Å²) in [6.07, 6.45) is 6.45. The van der Waals surface area contributed by atoms with Gasteiger partial charge < -0.3 is 15.6 Å². The number of rotatable bonds is 5. The van der Waals surface area contributed by atoms with Crippen molar-refractivity contribution in [1.29, 1.82) is 0 Å². The maximum absolute atomic E-state index is 12.2. The van der Waals surface area contributed by atoms with Crippen molar-refractivity contribution >= 4 is 11.5 Å². The van der Waals surface area contributed by atoms with Gasteiger partial charge in [0.1, 0.15) is 0 Å². The average molecular weight is 270 g/mol. The normalized spacial score (nSPS) is 14.2. The molecule has 0 atom stereocenters. The molecule has 0 aliphatic heterocycles. The van der Waals surface area contributed by atoms with Crippen molar-refractivity contribution in [3.05, 3.63) is 52.6 Å². The highest BCUT2D eigenvalue weighted by Gasteiger charge is 2.25. The fraction of sp³-hybridized carbons (Fsp3) is 0.333. The van der Waals surface area contributed by atoms with Gasteiger partial charge in [-0.1, -0.05) is 12.1 Å². The maximum atomic E-state index is 12.2. The van der Waals surface area contributed by atoms with E-state index in [1.54, 1.807) is 17.0 Å². The number of nitrogens with one attached hydrogen (secondary N) is 1. The number of hydrogen-bond donors (Lipinski definition) is 2. The van der Waals surface area contributed by atoms with Crippen LogP contribution in [-0.4, -0.2) is 16.1 Å². The smallest absolute Gasteiger partial charge is 0.293 e. The molecule has 3 rings (SSSR count). The average Bonchev–Trinajstić information content (AvgIpc) is 3.28. The van der Waals surface area contributed by atoms with E-state index in [4.69, 9.17) is 5.73 Å². The van der Waals surface area contributed by atoms with Crippen LogP contribution >= 0.6 is 0 Å². The highest BCUT2D eigenvalue weighted by molar-refractivity contribution is 5.55. The molecule has 1 aromatic heterocycles. The van der Waals surface area contributed by atoms with E-state index in [-0.39, 0.29) is 5.56 Å². The Kier molecular flexibility index (Phi) is 3.52. The Morgan fingerprint density at radius 3 is 2.70 bits per heavy atom. The van der Waals surface area contributed by atoms with Crippen LogP contribution in [0.4, 0.5) is 11.5 Å². The molecule has 2 aromatic rings. The van der Waals surface area contributed by atoms with Crippen LogP contribution in [0.5, 0.6) is 0 Å². The zero-order chi connectivity index (χ0) is 13.9. The van der Waals surface area contributed by atoms with Crippen LogP contribution in [0, 0.1) is 0 Å². The van der Waals surface area contributed by atoms with E-state index in [1.807, 2.05) is 24.3 Å². The molecule has 0 amide bonds. The van der Waals surface area contributed by atoms with E-state index in [9.17, 15) is 4.79 Å². The number of aromatic nitrogens is 2. The molecule has 3 N–H and O–H groups in total. The van der Waals surface area contributed by atoms with Gasteiger partial charge in [0.05, 0.1) is 0 Å². The summed E-state index contributed by atoms with van der Waals surface area (Å²) >= 11 is 0. The summed E-state index contributed by atoms with van der Waals surface area (Å²) in [6.45, 7) is 0.638. The highest BCUT2D eigenvalue weighted by atomic mass is 16.1. The summed E-state index contributed by atoms with van der Waals surface area (Å²) in [4.78, 5) is 16.4.